The summed E-state index contributed by atoms with van der Waals surface area (Å²) < 4.78 is 5.79. The van der Waals surface area contributed by atoms with Crippen LogP contribution in [-0.4, -0.2) is 23.0 Å². The summed E-state index contributed by atoms with van der Waals surface area (Å²) in [6.07, 6.45) is 8.74. The lowest BCUT2D eigenvalue weighted by Crippen LogP contribution is -2.39. The lowest BCUT2D eigenvalue weighted by Gasteiger charge is -2.28. The van der Waals surface area contributed by atoms with E-state index >= 15 is 0 Å². The molecule has 0 spiro atoms. The van der Waals surface area contributed by atoms with Crippen LogP contribution in [0.5, 0.6) is 11.5 Å². The summed E-state index contributed by atoms with van der Waals surface area (Å²) in [6.45, 7) is 0. The number of fused-ring (bicyclic) bond motifs is 2. The van der Waals surface area contributed by atoms with Gasteiger partial charge in [-0.1, -0.05) is 6.07 Å². The highest BCUT2D eigenvalue weighted by Gasteiger charge is 2.34. The predicted molar refractivity (Wildman–Crippen MR) is 111 cm³/mol. The van der Waals surface area contributed by atoms with Gasteiger partial charge in [0, 0.05) is 42.7 Å². The number of pyridine rings is 1. The normalized spacial score (nSPS) is 22.9. The number of benzene rings is 1. The van der Waals surface area contributed by atoms with Crippen molar-refractivity contribution in [1.82, 2.24) is 10.3 Å². The van der Waals surface area contributed by atoms with Crippen LogP contribution in [0.4, 0.5) is 5.69 Å². The number of nitrogens with one attached hydrogen (secondary N) is 2. The fraction of sp³-hybridized carbons (Fsp3) is 0.400. The highest BCUT2D eigenvalue weighted by molar-refractivity contribution is 5.91. The summed E-state index contributed by atoms with van der Waals surface area (Å²) in [5, 5.41) is 6.63. The number of hydrogen-bond acceptors (Lipinski definition) is 4. The van der Waals surface area contributed by atoms with Gasteiger partial charge in [-0.05, 0) is 55.9 Å². The summed E-state index contributed by atoms with van der Waals surface area (Å²) in [5.41, 5.74) is 0.772. The van der Waals surface area contributed by atoms with E-state index in [9.17, 15) is 4.79 Å². The Kier molecular flexibility index (Phi) is 7.90. The minimum Gasteiger partial charge on any atom is -0.457 e. The van der Waals surface area contributed by atoms with Gasteiger partial charge < -0.3 is 15.4 Å². The number of anilines is 1. The van der Waals surface area contributed by atoms with Crippen molar-refractivity contribution in [2.24, 2.45) is 5.92 Å². The third-order valence-corrected chi connectivity index (χ3v) is 5.05. The number of piperidine rings is 1. The summed E-state index contributed by atoms with van der Waals surface area (Å²) >= 11 is 0. The molecule has 0 saturated carbocycles. The molecule has 2 aliphatic rings. The Morgan fingerprint density at radius 1 is 1.07 bits per heavy atom. The molecule has 146 valence electrons. The maximum atomic E-state index is 12.4. The molecule has 5 nitrogen and oxygen atoms in total. The largest absolute Gasteiger partial charge is 0.457 e. The standard InChI is InChI=1S/C20H23N3O2.2ClH/c24-20(12-14-10-16-4-5-17(11-14)22-16)23-15-2-1-3-19(13-15)25-18-6-8-21-9-7-18;;/h1-3,6-9,13-14,16-17,22H,4-5,10-12H2,(H,23,24);2*1H. The zero-order valence-corrected chi connectivity index (χ0v) is 16.6. The van der Waals surface area contributed by atoms with E-state index < -0.39 is 0 Å². The van der Waals surface area contributed by atoms with Gasteiger partial charge in [0.25, 0.3) is 0 Å². The molecule has 2 aliphatic heterocycles. The molecule has 1 aromatic heterocycles. The van der Waals surface area contributed by atoms with Crippen LogP contribution < -0.4 is 15.4 Å². The van der Waals surface area contributed by atoms with Crippen molar-refractivity contribution in [1.29, 1.82) is 0 Å². The molecule has 0 radical (unpaired) electrons. The van der Waals surface area contributed by atoms with Gasteiger partial charge in [-0.25, -0.2) is 0 Å². The Labute approximate surface area is 172 Å². The second-order valence-corrected chi connectivity index (χ2v) is 7.04. The molecule has 2 atom stereocenters. The highest BCUT2D eigenvalue weighted by atomic mass is 35.5. The van der Waals surface area contributed by atoms with Gasteiger partial charge in [0.2, 0.25) is 5.91 Å². The highest BCUT2D eigenvalue weighted by Crippen LogP contribution is 2.33. The molecule has 4 rings (SSSR count). The van der Waals surface area contributed by atoms with Gasteiger partial charge in [-0.2, -0.15) is 0 Å². The number of rotatable bonds is 5. The van der Waals surface area contributed by atoms with E-state index in [1.807, 2.05) is 24.3 Å². The number of aromatic nitrogens is 1. The van der Waals surface area contributed by atoms with E-state index in [-0.39, 0.29) is 30.7 Å². The molecule has 7 heteroatoms. The molecular formula is C20H25Cl2N3O2. The fourth-order valence-corrected chi connectivity index (χ4v) is 4.00. The van der Waals surface area contributed by atoms with Crippen molar-refractivity contribution in [3.05, 3.63) is 48.8 Å². The molecule has 1 amide bonds. The number of amides is 1. The fourth-order valence-electron chi connectivity index (χ4n) is 4.00. The minimum absolute atomic E-state index is 0. The zero-order valence-electron chi connectivity index (χ0n) is 15.0. The first-order valence-electron chi connectivity index (χ1n) is 8.98. The smallest absolute Gasteiger partial charge is 0.224 e. The van der Waals surface area contributed by atoms with Crippen LogP contribution in [0.2, 0.25) is 0 Å². The molecule has 2 saturated heterocycles. The van der Waals surface area contributed by atoms with Gasteiger partial charge in [0.1, 0.15) is 11.5 Å². The van der Waals surface area contributed by atoms with E-state index in [0.717, 1.165) is 24.3 Å². The van der Waals surface area contributed by atoms with Gasteiger partial charge >= 0.3 is 0 Å². The minimum atomic E-state index is 0. The van der Waals surface area contributed by atoms with Crippen LogP contribution in [0.1, 0.15) is 32.1 Å². The SMILES string of the molecule is Cl.Cl.O=C(CC1CC2CCC(C1)N2)Nc1cccc(Oc2ccncc2)c1. The lowest BCUT2D eigenvalue weighted by atomic mass is 9.89. The van der Waals surface area contributed by atoms with Crippen LogP contribution >= 0.6 is 24.8 Å². The number of halogens is 2. The Bertz CT molecular complexity index is 733. The number of carbonyl (C=O) groups is 1. The third kappa shape index (κ3) is 5.83. The van der Waals surface area contributed by atoms with Crippen LogP contribution in [0, 0.1) is 5.92 Å². The maximum absolute atomic E-state index is 12.4. The Hall–Kier alpha value is -1.82. The number of nitrogens with zero attached hydrogens (tertiary/aromatic N) is 1. The summed E-state index contributed by atoms with van der Waals surface area (Å²) in [4.78, 5) is 16.4. The summed E-state index contributed by atoms with van der Waals surface area (Å²) in [6, 6.07) is 12.3. The predicted octanol–water partition coefficient (Wildman–Crippen LogP) is 4.58. The third-order valence-electron chi connectivity index (χ3n) is 5.05. The quantitative estimate of drug-likeness (QED) is 0.758. The summed E-state index contributed by atoms with van der Waals surface area (Å²) in [5.74, 6) is 2.01. The molecule has 2 bridgehead atoms. The van der Waals surface area contributed by atoms with Crippen molar-refractivity contribution in [2.45, 2.75) is 44.2 Å². The second-order valence-electron chi connectivity index (χ2n) is 7.04. The van der Waals surface area contributed by atoms with Crippen molar-refractivity contribution in [2.75, 3.05) is 5.32 Å². The van der Waals surface area contributed by atoms with E-state index in [2.05, 4.69) is 15.6 Å². The number of carbonyl (C=O) groups excluding carboxylic acids is 1. The zero-order chi connectivity index (χ0) is 17.1. The average molecular weight is 410 g/mol. The van der Waals surface area contributed by atoms with Crippen LogP contribution in [0.25, 0.3) is 0 Å². The molecule has 2 unspecified atom stereocenters. The lowest BCUT2D eigenvalue weighted by molar-refractivity contribution is -0.117. The van der Waals surface area contributed by atoms with Crippen molar-refractivity contribution >= 4 is 36.4 Å². The Balaban J connectivity index is 0.00000131. The molecule has 27 heavy (non-hydrogen) atoms. The first-order chi connectivity index (χ1) is 12.2. The molecule has 3 heterocycles. The monoisotopic (exact) mass is 409 g/mol. The average Bonchev–Trinajstić information content (AvgIpc) is 2.94. The molecule has 2 fully saturated rings. The molecule has 1 aromatic carbocycles. The van der Waals surface area contributed by atoms with E-state index in [1.165, 1.54) is 12.8 Å². The van der Waals surface area contributed by atoms with Crippen LogP contribution in [0.15, 0.2) is 48.8 Å². The molecular weight excluding hydrogens is 385 g/mol. The summed E-state index contributed by atoms with van der Waals surface area (Å²) in [7, 11) is 0. The van der Waals surface area contributed by atoms with E-state index in [1.54, 1.807) is 24.5 Å². The first kappa shape index (κ1) is 21.5. The van der Waals surface area contributed by atoms with Crippen molar-refractivity contribution in [3.63, 3.8) is 0 Å². The van der Waals surface area contributed by atoms with E-state index in [0.29, 0.717) is 30.2 Å². The molecule has 0 aliphatic carbocycles. The second kappa shape index (κ2) is 9.93. The van der Waals surface area contributed by atoms with Crippen molar-refractivity contribution < 1.29 is 9.53 Å². The van der Waals surface area contributed by atoms with Crippen molar-refractivity contribution in [3.8, 4) is 11.5 Å². The first-order valence-corrected chi connectivity index (χ1v) is 8.98. The van der Waals surface area contributed by atoms with Gasteiger partial charge in [-0.15, -0.1) is 24.8 Å². The van der Waals surface area contributed by atoms with E-state index in [4.69, 9.17) is 4.74 Å². The maximum Gasteiger partial charge on any atom is 0.224 e. The van der Waals surface area contributed by atoms with Crippen LogP contribution in [-0.2, 0) is 4.79 Å². The van der Waals surface area contributed by atoms with Gasteiger partial charge in [0.05, 0.1) is 0 Å². The van der Waals surface area contributed by atoms with Gasteiger partial charge in [-0.3, -0.25) is 9.78 Å². The topological polar surface area (TPSA) is 63.2 Å². The molecule has 2 aromatic rings. The molecule has 2 N–H and O–H groups in total. The Morgan fingerprint density at radius 3 is 2.48 bits per heavy atom. The van der Waals surface area contributed by atoms with Gasteiger partial charge in [0.15, 0.2) is 0 Å². The van der Waals surface area contributed by atoms with Crippen LogP contribution in [0.3, 0.4) is 0 Å². The Morgan fingerprint density at radius 2 is 1.78 bits per heavy atom. The number of hydrogen-bond donors (Lipinski definition) is 2. The number of ether oxygens (including phenoxy) is 1.